The van der Waals surface area contributed by atoms with Crippen molar-refractivity contribution in [1.82, 2.24) is 5.48 Å². The molecular formula is C11H21NO2. The van der Waals surface area contributed by atoms with Gasteiger partial charge in [0.05, 0.1) is 6.61 Å². The number of hydroxylamine groups is 1. The summed E-state index contributed by atoms with van der Waals surface area (Å²) in [7, 11) is 0. The summed E-state index contributed by atoms with van der Waals surface area (Å²) in [5, 5.41) is 0. The van der Waals surface area contributed by atoms with Crippen LogP contribution in [0.4, 0.5) is 0 Å². The van der Waals surface area contributed by atoms with Crippen molar-refractivity contribution < 1.29 is 9.63 Å². The van der Waals surface area contributed by atoms with Crippen LogP contribution in [-0.2, 0) is 9.63 Å². The lowest BCUT2D eigenvalue weighted by Gasteiger charge is -2.07. The molecule has 0 atom stereocenters. The van der Waals surface area contributed by atoms with Crippen molar-refractivity contribution in [3.05, 3.63) is 11.1 Å². The molecule has 0 aliphatic carbocycles. The molecule has 0 bridgehead atoms. The predicted molar refractivity (Wildman–Crippen MR) is 57.7 cm³/mol. The monoisotopic (exact) mass is 199 g/mol. The first kappa shape index (κ1) is 13.2. The fourth-order valence-corrected chi connectivity index (χ4v) is 1.04. The summed E-state index contributed by atoms with van der Waals surface area (Å²) in [6.45, 7) is 8.30. The van der Waals surface area contributed by atoms with E-state index in [1.165, 1.54) is 0 Å². The molecular weight excluding hydrogens is 178 g/mol. The van der Waals surface area contributed by atoms with E-state index in [1.54, 1.807) is 0 Å². The second-order valence-electron chi connectivity index (χ2n) is 3.37. The molecule has 0 saturated heterocycles. The van der Waals surface area contributed by atoms with E-state index in [9.17, 15) is 4.79 Å². The zero-order valence-corrected chi connectivity index (χ0v) is 9.64. The predicted octanol–water partition coefficient (Wildman–Crippen LogP) is 2.58. The normalized spacial score (nSPS) is 12.3. The van der Waals surface area contributed by atoms with Gasteiger partial charge in [0.2, 0.25) is 0 Å². The standard InChI is InChI=1S/C11H21NO2/c1-5-7-8-9(3)10(4)11(13)12-14-6-2/h5-8H2,1-4H3,(H,12,13). The van der Waals surface area contributed by atoms with Gasteiger partial charge >= 0.3 is 0 Å². The van der Waals surface area contributed by atoms with Gasteiger partial charge in [0, 0.05) is 5.57 Å². The van der Waals surface area contributed by atoms with Crippen molar-refractivity contribution >= 4 is 5.91 Å². The minimum absolute atomic E-state index is 0.125. The topological polar surface area (TPSA) is 38.3 Å². The van der Waals surface area contributed by atoms with Crippen LogP contribution >= 0.6 is 0 Å². The SMILES string of the molecule is CCCCC(C)=C(C)C(=O)NOCC. The first-order valence-electron chi connectivity index (χ1n) is 5.21. The summed E-state index contributed by atoms with van der Waals surface area (Å²) < 4.78 is 0. The third-order valence-corrected chi connectivity index (χ3v) is 2.20. The van der Waals surface area contributed by atoms with Gasteiger partial charge < -0.3 is 0 Å². The Hall–Kier alpha value is -0.830. The molecule has 0 unspecified atom stereocenters. The summed E-state index contributed by atoms with van der Waals surface area (Å²) in [4.78, 5) is 16.2. The second kappa shape index (κ2) is 7.56. The molecule has 1 N–H and O–H groups in total. The van der Waals surface area contributed by atoms with Gasteiger partial charge in [0.25, 0.3) is 5.91 Å². The van der Waals surface area contributed by atoms with E-state index < -0.39 is 0 Å². The molecule has 1 amide bonds. The molecule has 82 valence electrons. The number of hydrogen-bond donors (Lipinski definition) is 1. The lowest BCUT2D eigenvalue weighted by molar-refractivity contribution is -0.129. The Kier molecular flexibility index (Phi) is 7.11. The smallest absolute Gasteiger partial charge is 0.270 e. The Morgan fingerprint density at radius 1 is 1.29 bits per heavy atom. The maximum atomic E-state index is 11.4. The van der Waals surface area contributed by atoms with Crippen molar-refractivity contribution in [3.8, 4) is 0 Å². The first-order chi connectivity index (χ1) is 6.63. The molecule has 0 aromatic heterocycles. The lowest BCUT2D eigenvalue weighted by atomic mass is 10.1. The number of nitrogens with one attached hydrogen (secondary N) is 1. The maximum absolute atomic E-state index is 11.4. The average Bonchev–Trinajstić information content (AvgIpc) is 2.21. The Morgan fingerprint density at radius 2 is 1.93 bits per heavy atom. The van der Waals surface area contributed by atoms with Crippen molar-refractivity contribution in [2.75, 3.05) is 6.61 Å². The summed E-state index contributed by atoms with van der Waals surface area (Å²) in [6.07, 6.45) is 3.27. The highest BCUT2D eigenvalue weighted by Crippen LogP contribution is 2.11. The number of carbonyl (C=O) groups is 1. The lowest BCUT2D eigenvalue weighted by Crippen LogP contribution is -2.24. The van der Waals surface area contributed by atoms with Gasteiger partial charge in [-0.15, -0.1) is 0 Å². The zero-order chi connectivity index (χ0) is 11.0. The van der Waals surface area contributed by atoms with Gasteiger partial charge in [-0.25, -0.2) is 5.48 Å². The van der Waals surface area contributed by atoms with E-state index in [0.717, 1.165) is 30.4 Å². The molecule has 0 rings (SSSR count). The van der Waals surface area contributed by atoms with Crippen LogP contribution in [0.15, 0.2) is 11.1 Å². The molecule has 3 heteroatoms. The van der Waals surface area contributed by atoms with Crippen molar-refractivity contribution in [2.45, 2.75) is 47.0 Å². The van der Waals surface area contributed by atoms with Crippen molar-refractivity contribution in [1.29, 1.82) is 0 Å². The largest absolute Gasteiger partial charge is 0.274 e. The Balaban J connectivity index is 4.11. The van der Waals surface area contributed by atoms with Crippen molar-refractivity contribution in [2.24, 2.45) is 0 Å². The van der Waals surface area contributed by atoms with Gasteiger partial charge in [-0.2, -0.15) is 0 Å². The number of unbranched alkanes of at least 4 members (excludes halogenated alkanes) is 1. The van der Waals surface area contributed by atoms with E-state index >= 15 is 0 Å². The first-order valence-corrected chi connectivity index (χ1v) is 5.21. The summed E-state index contributed by atoms with van der Waals surface area (Å²) >= 11 is 0. The molecule has 14 heavy (non-hydrogen) atoms. The van der Waals surface area contributed by atoms with Crippen LogP contribution in [-0.4, -0.2) is 12.5 Å². The van der Waals surface area contributed by atoms with E-state index in [4.69, 9.17) is 4.84 Å². The summed E-state index contributed by atoms with van der Waals surface area (Å²) in [5.41, 5.74) is 4.31. The van der Waals surface area contributed by atoms with Crippen molar-refractivity contribution in [3.63, 3.8) is 0 Å². The molecule has 3 nitrogen and oxygen atoms in total. The van der Waals surface area contributed by atoms with Gasteiger partial charge in [0.1, 0.15) is 0 Å². The van der Waals surface area contributed by atoms with Gasteiger partial charge in [0.15, 0.2) is 0 Å². The van der Waals surface area contributed by atoms with E-state index in [0.29, 0.717) is 6.61 Å². The fraction of sp³-hybridized carbons (Fsp3) is 0.727. The third kappa shape index (κ3) is 5.02. The Bertz CT molecular complexity index is 209. The van der Waals surface area contributed by atoms with Crippen LogP contribution in [0.2, 0.25) is 0 Å². The number of carbonyl (C=O) groups excluding carboxylic acids is 1. The zero-order valence-electron chi connectivity index (χ0n) is 9.64. The van der Waals surface area contributed by atoms with Gasteiger partial charge in [-0.3, -0.25) is 9.63 Å². The number of allylic oxidation sites excluding steroid dienone is 1. The molecule has 0 saturated carbocycles. The molecule has 0 spiro atoms. The van der Waals surface area contributed by atoms with Crippen LogP contribution in [0.25, 0.3) is 0 Å². The molecule has 0 radical (unpaired) electrons. The van der Waals surface area contributed by atoms with Crippen LogP contribution < -0.4 is 5.48 Å². The fourth-order valence-electron chi connectivity index (χ4n) is 1.04. The summed E-state index contributed by atoms with van der Waals surface area (Å²) in [6, 6.07) is 0. The molecule has 0 heterocycles. The van der Waals surface area contributed by atoms with Crippen LogP contribution in [0.3, 0.4) is 0 Å². The highest BCUT2D eigenvalue weighted by Gasteiger charge is 2.06. The Morgan fingerprint density at radius 3 is 2.43 bits per heavy atom. The minimum atomic E-state index is -0.125. The van der Waals surface area contributed by atoms with Crippen LogP contribution in [0.5, 0.6) is 0 Å². The number of amides is 1. The van der Waals surface area contributed by atoms with Gasteiger partial charge in [-0.05, 0) is 33.6 Å². The molecule has 0 aromatic carbocycles. The second-order valence-corrected chi connectivity index (χ2v) is 3.37. The van der Waals surface area contributed by atoms with Gasteiger partial charge in [-0.1, -0.05) is 18.9 Å². The van der Waals surface area contributed by atoms with Crippen LogP contribution in [0, 0.1) is 0 Å². The molecule has 0 fully saturated rings. The highest BCUT2D eigenvalue weighted by molar-refractivity contribution is 5.92. The molecule has 0 aliphatic heterocycles. The van der Waals surface area contributed by atoms with Crippen LogP contribution in [0.1, 0.15) is 47.0 Å². The quantitative estimate of drug-likeness (QED) is 0.527. The van der Waals surface area contributed by atoms with E-state index in [-0.39, 0.29) is 5.91 Å². The third-order valence-electron chi connectivity index (χ3n) is 2.20. The van der Waals surface area contributed by atoms with E-state index in [1.807, 2.05) is 20.8 Å². The Labute approximate surface area is 86.5 Å². The molecule has 0 aromatic rings. The number of hydrogen-bond acceptors (Lipinski definition) is 2. The minimum Gasteiger partial charge on any atom is -0.274 e. The maximum Gasteiger partial charge on any atom is 0.270 e. The molecule has 0 aliphatic rings. The summed E-state index contributed by atoms with van der Waals surface area (Å²) in [5.74, 6) is -0.125. The average molecular weight is 199 g/mol. The number of rotatable bonds is 6. The van der Waals surface area contributed by atoms with E-state index in [2.05, 4.69) is 12.4 Å². The highest BCUT2D eigenvalue weighted by atomic mass is 16.6.